The van der Waals surface area contributed by atoms with Crippen molar-refractivity contribution in [2.45, 2.75) is 39.9 Å². The predicted octanol–water partition coefficient (Wildman–Crippen LogP) is 11.0. The molecule has 2 aromatic heterocycles. The van der Waals surface area contributed by atoms with E-state index in [2.05, 4.69) is 128 Å². The van der Waals surface area contributed by atoms with Crippen molar-refractivity contribution in [2.75, 3.05) is 0 Å². The monoisotopic (exact) mass is 767 g/mol. The van der Waals surface area contributed by atoms with Crippen molar-refractivity contribution >= 4 is 21.5 Å². The molecule has 0 saturated heterocycles. The molecule has 0 aliphatic rings. The van der Waals surface area contributed by atoms with E-state index in [1.807, 2.05) is 6.20 Å². The molecule has 225 valence electrons. The van der Waals surface area contributed by atoms with Crippen molar-refractivity contribution in [3.8, 4) is 33.6 Å². The summed E-state index contributed by atoms with van der Waals surface area (Å²) in [5.41, 5.74) is 7.33. The molecule has 2 nitrogen and oxygen atoms in total. The van der Waals surface area contributed by atoms with Crippen LogP contribution in [0.25, 0.3) is 55.2 Å². The summed E-state index contributed by atoms with van der Waals surface area (Å²) in [6.45, 7) is 2.34. The third-order valence-corrected chi connectivity index (χ3v) is 7.65. The molecule has 0 aliphatic carbocycles. The molecule has 0 atom stereocenters. The molecule has 2 heterocycles. The Balaban J connectivity index is 0.000000211. The van der Waals surface area contributed by atoms with Gasteiger partial charge in [-0.15, -0.1) is 65.2 Å². The molecule has 3 heteroatoms. The zero-order valence-electron chi connectivity index (χ0n) is 31.4. The normalized spacial score (nSPS) is 13.6. The van der Waals surface area contributed by atoms with Gasteiger partial charge < -0.3 is 9.97 Å². The van der Waals surface area contributed by atoms with E-state index in [0.29, 0.717) is 11.3 Å². The molecule has 0 fully saturated rings. The van der Waals surface area contributed by atoms with Crippen molar-refractivity contribution in [1.29, 1.82) is 0 Å². The maximum Gasteiger partial charge on any atom is 0.0280 e. The van der Waals surface area contributed by atoms with E-state index >= 15 is 0 Å². The van der Waals surface area contributed by atoms with Crippen LogP contribution in [0.5, 0.6) is 0 Å². The minimum absolute atomic E-state index is 0. The van der Waals surface area contributed by atoms with Crippen LogP contribution in [0.1, 0.15) is 45.7 Å². The number of fused-ring (bicyclic) bond motifs is 3. The third kappa shape index (κ3) is 7.28. The van der Waals surface area contributed by atoms with Crippen molar-refractivity contribution in [1.82, 2.24) is 9.97 Å². The molecule has 0 unspecified atom stereocenters. The number of rotatable bonds is 3. The zero-order chi connectivity index (χ0) is 35.7. The van der Waals surface area contributed by atoms with Gasteiger partial charge in [-0.3, -0.25) is 0 Å². The number of hydrogen-bond acceptors (Lipinski definition) is 2. The van der Waals surface area contributed by atoms with Gasteiger partial charge in [-0.05, 0) is 62.4 Å². The van der Waals surface area contributed by atoms with E-state index in [4.69, 9.17) is 8.22 Å². The summed E-state index contributed by atoms with van der Waals surface area (Å²) in [5, 5.41) is 5.11. The Morgan fingerprint density at radius 2 is 1.31 bits per heavy atom. The molecular weight excluding hydrogens is 725 g/mol. The molecule has 0 N–H and O–H groups in total. The number of hydrogen-bond donors (Lipinski definition) is 0. The van der Waals surface area contributed by atoms with E-state index in [1.54, 1.807) is 12.1 Å². The van der Waals surface area contributed by atoms with Gasteiger partial charge in [-0.1, -0.05) is 112 Å². The molecule has 0 saturated carbocycles. The average molecular weight is 767 g/mol. The summed E-state index contributed by atoms with van der Waals surface area (Å²) in [7, 11) is 0. The SMILES string of the molecule is CC(C)(C)c1ccnc(-c2[c-]cc(-c3cc4ccccc4c4ccccc34)cc2)c1.[2H]C([2H])([2H])c1c[c-]c(-c2ccc(C([2H])([2H])[2H])cn2)cc1.[Ir]. The van der Waals surface area contributed by atoms with Gasteiger partial charge in [0.15, 0.2) is 0 Å². The molecule has 5 aromatic carbocycles. The minimum Gasteiger partial charge on any atom is -0.305 e. The van der Waals surface area contributed by atoms with Crippen LogP contribution in [0, 0.1) is 25.8 Å². The van der Waals surface area contributed by atoms with Crippen molar-refractivity contribution in [3.05, 3.63) is 156 Å². The number of nitrogens with zero attached hydrogens (tertiary/aromatic N) is 2. The van der Waals surface area contributed by atoms with Crippen LogP contribution >= 0.6 is 0 Å². The van der Waals surface area contributed by atoms with E-state index in [0.717, 1.165) is 11.3 Å². The molecule has 7 rings (SSSR count). The largest absolute Gasteiger partial charge is 0.305 e. The Morgan fingerprint density at radius 1 is 0.622 bits per heavy atom. The Labute approximate surface area is 289 Å². The van der Waals surface area contributed by atoms with Gasteiger partial charge in [-0.25, -0.2) is 0 Å². The zero-order valence-corrected chi connectivity index (χ0v) is 27.7. The molecule has 1 radical (unpaired) electrons. The second-order valence-electron chi connectivity index (χ2n) is 11.8. The van der Waals surface area contributed by atoms with Crippen molar-refractivity contribution in [2.24, 2.45) is 0 Å². The van der Waals surface area contributed by atoms with Gasteiger partial charge in [-0.2, -0.15) is 0 Å². The van der Waals surface area contributed by atoms with Crippen LogP contribution in [-0.4, -0.2) is 9.97 Å². The first kappa shape index (κ1) is 24.8. The minimum atomic E-state index is -2.18. The number of aryl methyl sites for hydroxylation is 2. The van der Waals surface area contributed by atoms with Gasteiger partial charge in [0.1, 0.15) is 0 Å². The summed E-state index contributed by atoms with van der Waals surface area (Å²) in [6, 6.07) is 44.1. The second kappa shape index (κ2) is 13.7. The maximum absolute atomic E-state index is 7.28. The number of pyridine rings is 2. The third-order valence-electron chi connectivity index (χ3n) is 7.65. The summed E-state index contributed by atoms with van der Waals surface area (Å²) >= 11 is 0. The summed E-state index contributed by atoms with van der Waals surface area (Å²) in [4.78, 5) is 8.66. The quantitative estimate of drug-likeness (QED) is 0.132. The fourth-order valence-electron chi connectivity index (χ4n) is 5.23. The van der Waals surface area contributed by atoms with E-state index < -0.39 is 13.7 Å². The van der Waals surface area contributed by atoms with Gasteiger partial charge in [0.25, 0.3) is 0 Å². The standard InChI is InChI=1S/C29H24N.C13H12N.Ir/c1-29(2,3)23-16-17-30-28(19-23)21-14-12-20(13-15-21)27-18-22-8-4-5-9-24(22)25-10-6-7-11-26(25)27;1-10-3-6-12(7-4-10)13-8-5-11(2)9-14-13;/h4-14,16-19H,1-3H3;3-6,8-9H,1-2H3;/q2*-1;/i;1D3,2D3;. The van der Waals surface area contributed by atoms with Crippen molar-refractivity contribution < 1.29 is 28.3 Å². The van der Waals surface area contributed by atoms with Crippen LogP contribution in [-0.2, 0) is 25.5 Å². The molecular formula is C42H36IrN2-2. The summed E-state index contributed by atoms with van der Waals surface area (Å²) in [6.07, 6.45) is 3.20. The van der Waals surface area contributed by atoms with Gasteiger partial charge in [0.2, 0.25) is 0 Å². The van der Waals surface area contributed by atoms with Crippen LogP contribution in [0.15, 0.2) is 128 Å². The molecule has 0 bridgehead atoms. The van der Waals surface area contributed by atoms with Gasteiger partial charge in [0, 0.05) is 40.7 Å². The van der Waals surface area contributed by atoms with E-state index in [1.165, 1.54) is 62.6 Å². The Bertz CT molecular complexity index is 2200. The van der Waals surface area contributed by atoms with Gasteiger partial charge >= 0.3 is 0 Å². The van der Waals surface area contributed by atoms with Crippen LogP contribution in [0.2, 0.25) is 0 Å². The maximum atomic E-state index is 7.28. The molecule has 0 aliphatic heterocycles. The van der Waals surface area contributed by atoms with Crippen LogP contribution in [0.4, 0.5) is 0 Å². The summed E-state index contributed by atoms with van der Waals surface area (Å²) in [5.74, 6) is 0. The second-order valence-corrected chi connectivity index (χ2v) is 11.8. The summed E-state index contributed by atoms with van der Waals surface area (Å²) < 4.78 is 43.6. The molecule has 7 aromatic rings. The molecule has 45 heavy (non-hydrogen) atoms. The fraction of sp³-hybridized carbons (Fsp3) is 0.143. The van der Waals surface area contributed by atoms with E-state index in [-0.39, 0.29) is 36.6 Å². The van der Waals surface area contributed by atoms with Crippen molar-refractivity contribution in [3.63, 3.8) is 0 Å². The Kier molecular flexibility index (Phi) is 7.56. The van der Waals surface area contributed by atoms with Crippen LogP contribution < -0.4 is 0 Å². The smallest absolute Gasteiger partial charge is 0.0280 e. The molecule has 0 amide bonds. The van der Waals surface area contributed by atoms with Crippen LogP contribution in [0.3, 0.4) is 0 Å². The topological polar surface area (TPSA) is 25.8 Å². The van der Waals surface area contributed by atoms with E-state index in [9.17, 15) is 0 Å². The predicted molar refractivity (Wildman–Crippen MR) is 186 cm³/mol. The number of benzene rings is 5. The Morgan fingerprint density at radius 3 is 1.98 bits per heavy atom. The molecule has 0 spiro atoms. The Hall–Kier alpha value is -4.43. The number of aromatic nitrogens is 2. The first-order valence-electron chi connectivity index (χ1n) is 17.6. The first-order chi connectivity index (χ1) is 23.7. The average Bonchev–Trinajstić information content (AvgIpc) is 3.11. The van der Waals surface area contributed by atoms with Gasteiger partial charge in [0.05, 0.1) is 0 Å². The first-order valence-corrected chi connectivity index (χ1v) is 14.6. The fourth-order valence-corrected chi connectivity index (χ4v) is 5.23.